The fraction of sp³-hybridized carbons (Fsp3) is 0.174. The highest BCUT2D eigenvalue weighted by Crippen LogP contribution is 2.38. The minimum Gasteiger partial charge on any atom is -0.493 e. The van der Waals surface area contributed by atoms with Gasteiger partial charge in [-0.2, -0.15) is 0 Å². The molecule has 0 amide bonds. The van der Waals surface area contributed by atoms with Gasteiger partial charge in [0.15, 0.2) is 3.95 Å². The van der Waals surface area contributed by atoms with Crippen LogP contribution in [0.15, 0.2) is 53.5 Å². The molecule has 4 rings (SSSR count). The molecule has 3 aromatic rings. The topological polar surface area (TPSA) is 84.0 Å². The third-order valence-corrected chi connectivity index (χ3v) is 6.21. The van der Waals surface area contributed by atoms with Gasteiger partial charge in [0.05, 0.1) is 10.6 Å². The molecule has 0 unspecified atom stereocenters. The van der Waals surface area contributed by atoms with E-state index in [1.54, 1.807) is 10.8 Å². The van der Waals surface area contributed by atoms with Gasteiger partial charge in [-0.25, -0.2) is 0 Å². The Morgan fingerprint density at radius 3 is 2.81 bits per heavy atom. The Morgan fingerprint density at radius 2 is 2.03 bits per heavy atom. The zero-order valence-corrected chi connectivity index (χ0v) is 18.2. The molecule has 158 valence electrons. The van der Waals surface area contributed by atoms with Gasteiger partial charge in [0.2, 0.25) is 5.88 Å². The Labute approximate surface area is 188 Å². The van der Waals surface area contributed by atoms with Gasteiger partial charge in [-0.3, -0.25) is 14.4 Å². The summed E-state index contributed by atoms with van der Waals surface area (Å²) in [7, 11) is 0. The van der Waals surface area contributed by atoms with Gasteiger partial charge < -0.3 is 14.9 Å². The van der Waals surface area contributed by atoms with Crippen molar-refractivity contribution < 1.29 is 19.7 Å². The normalized spacial score (nSPS) is 13.5. The average molecular weight is 453 g/mol. The number of nitrogens with zero attached hydrogens (tertiary/aromatic N) is 2. The van der Waals surface area contributed by atoms with E-state index in [2.05, 4.69) is 4.99 Å². The van der Waals surface area contributed by atoms with Crippen molar-refractivity contribution in [3.8, 4) is 11.6 Å². The number of allylic oxidation sites excluding steroid dienone is 1. The molecule has 2 heterocycles. The van der Waals surface area contributed by atoms with Crippen molar-refractivity contribution in [2.75, 3.05) is 0 Å². The van der Waals surface area contributed by atoms with Crippen molar-refractivity contribution in [3.05, 3.63) is 68.5 Å². The van der Waals surface area contributed by atoms with E-state index >= 15 is 0 Å². The van der Waals surface area contributed by atoms with Crippen LogP contribution in [0.3, 0.4) is 0 Å². The third-order valence-electron chi connectivity index (χ3n) is 4.82. The first-order valence-electron chi connectivity index (χ1n) is 9.72. The molecule has 2 aromatic carbocycles. The van der Waals surface area contributed by atoms with Gasteiger partial charge in [-0.1, -0.05) is 30.3 Å². The second kappa shape index (κ2) is 9.28. The Kier molecular flexibility index (Phi) is 6.29. The maximum Gasteiger partial charge on any atom is 0.303 e. The summed E-state index contributed by atoms with van der Waals surface area (Å²) >= 11 is 6.64. The molecule has 0 bridgehead atoms. The Balaban J connectivity index is 1.54. The standard InChI is InChI=1S/C23H20N2O4S2/c26-21(27)7-4-10-25-22(28)20(31-23(25)30)11-16-13-24-19-9-8-17(12-18(16)19)29-14-15-5-2-1-3-6-15/h1-3,5-6,8-9,11-13,28H,4,7,10,14H2,(H,26,27). The monoisotopic (exact) mass is 452 g/mol. The van der Waals surface area contributed by atoms with Crippen LogP contribution in [0.1, 0.15) is 28.8 Å². The smallest absolute Gasteiger partial charge is 0.303 e. The van der Waals surface area contributed by atoms with Gasteiger partial charge in [0, 0.05) is 30.3 Å². The minimum atomic E-state index is -0.868. The van der Waals surface area contributed by atoms with Crippen LogP contribution in [0.2, 0.25) is 0 Å². The second-order valence-corrected chi connectivity index (χ2v) is 8.69. The molecule has 6 nitrogen and oxygen atoms in total. The number of hydrogen-bond donors (Lipinski definition) is 2. The van der Waals surface area contributed by atoms with Crippen LogP contribution in [0, 0.1) is 3.95 Å². The van der Waals surface area contributed by atoms with Crippen LogP contribution < -0.4 is 4.74 Å². The van der Waals surface area contributed by atoms with E-state index in [-0.39, 0.29) is 12.3 Å². The predicted molar refractivity (Wildman–Crippen MR) is 125 cm³/mol. The van der Waals surface area contributed by atoms with Crippen molar-refractivity contribution in [3.63, 3.8) is 0 Å². The summed E-state index contributed by atoms with van der Waals surface area (Å²) in [6.07, 6.45) is 4.03. The summed E-state index contributed by atoms with van der Waals surface area (Å²) in [4.78, 5) is 15.8. The molecule has 31 heavy (non-hydrogen) atoms. The van der Waals surface area contributed by atoms with E-state index in [9.17, 15) is 9.90 Å². The number of ether oxygens (including phenoxy) is 1. The van der Waals surface area contributed by atoms with E-state index in [1.807, 2.05) is 54.6 Å². The van der Waals surface area contributed by atoms with Crippen LogP contribution in [-0.2, 0) is 17.9 Å². The number of carbonyl (C=O) groups is 1. The summed E-state index contributed by atoms with van der Waals surface area (Å²) in [5.41, 5.74) is 3.69. The van der Waals surface area contributed by atoms with E-state index in [0.29, 0.717) is 28.4 Å². The van der Waals surface area contributed by atoms with E-state index in [1.165, 1.54) is 11.3 Å². The highest BCUT2D eigenvalue weighted by molar-refractivity contribution is 7.73. The molecule has 2 N–H and O–H groups in total. The van der Waals surface area contributed by atoms with Crippen LogP contribution in [0.4, 0.5) is 5.69 Å². The lowest BCUT2D eigenvalue weighted by molar-refractivity contribution is -0.137. The molecule has 0 saturated carbocycles. The van der Waals surface area contributed by atoms with Crippen LogP contribution >= 0.6 is 23.6 Å². The molecular formula is C23H20N2O4S2. The van der Waals surface area contributed by atoms with Crippen molar-refractivity contribution in [2.45, 2.75) is 26.0 Å². The Morgan fingerprint density at radius 1 is 1.23 bits per heavy atom. The molecule has 1 aliphatic rings. The summed E-state index contributed by atoms with van der Waals surface area (Å²) in [5, 5.41) is 19.4. The second-order valence-electron chi connectivity index (χ2n) is 7.02. The quantitative estimate of drug-likeness (QED) is 0.429. The number of rotatable bonds is 8. The number of aliphatic imine (C=N–C) groups is 1. The highest BCUT2D eigenvalue weighted by Gasteiger charge is 2.17. The fourth-order valence-electron chi connectivity index (χ4n) is 3.25. The van der Waals surface area contributed by atoms with Crippen molar-refractivity contribution in [2.24, 2.45) is 4.99 Å². The molecule has 0 saturated heterocycles. The van der Waals surface area contributed by atoms with Gasteiger partial charge in [-0.05, 0) is 48.5 Å². The molecule has 0 spiro atoms. The number of benzene rings is 2. The molecule has 0 atom stereocenters. The minimum absolute atomic E-state index is 0.0271. The lowest BCUT2D eigenvalue weighted by Crippen LogP contribution is -2.01. The molecule has 1 aliphatic heterocycles. The number of thiazole rings is 1. The molecule has 0 fully saturated rings. The molecule has 8 heteroatoms. The fourth-order valence-corrected chi connectivity index (χ4v) is 4.56. The molecule has 0 aliphatic carbocycles. The highest BCUT2D eigenvalue weighted by atomic mass is 32.1. The van der Waals surface area contributed by atoms with Crippen molar-refractivity contribution in [1.82, 2.24) is 4.57 Å². The predicted octanol–water partition coefficient (Wildman–Crippen LogP) is 5.68. The van der Waals surface area contributed by atoms with Gasteiger partial charge in [0.1, 0.15) is 12.4 Å². The summed E-state index contributed by atoms with van der Waals surface area (Å²) in [5.74, 6) is -0.0824. The zero-order valence-electron chi connectivity index (χ0n) is 16.5. The largest absolute Gasteiger partial charge is 0.493 e. The van der Waals surface area contributed by atoms with E-state index in [0.717, 1.165) is 28.1 Å². The van der Waals surface area contributed by atoms with Crippen molar-refractivity contribution >= 4 is 53.1 Å². The summed E-state index contributed by atoms with van der Waals surface area (Å²) in [6.45, 7) is 0.833. The number of aliphatic carboxylic acids is 1. The number of aromatic nitrogens is 1. The van der Waals surface area contributed by atoms with Gasteiger partial charge in [0.25, 0.3) is 0 Å². The van der Waals surface area contributed by atoms with Crippen LogP contribution in [0.25, 0.3) is 11.6 Å². The number of carboxylic acid groups (broad SMARTS) is 1. The number of carboxylic acids is 1. The lowest BCUT2D eigenvalue weighted by atomic mass is 10.1. The summed E-state index contributed by atoms with van der Waals surface area (Å²) < 4.78 is 8.00. The Bertz CT molecular complexity index is 1230. The SMILES string of the molecule is O=C(O)CCCn1c(O)c(C=C2C=Nc3ccc(OCc4ccccc4)cc32)sc1=S. The van der Waals surface area contributed by atoms with Crippen molar-refractivity contribution in [1.29, 1.82) is 0 Å². The molecular weight excluding hydrogens is 432 g/mol. The van der Waals surface area contributed by atoms with Gasteiger partial charge in [-0.15, -0.1) is 11.3 Å². The summed E-state index contributed by atoms with van der Waals surface area (Å²) in [6, 6.07) is 15.7. The van der Waals surface area contributed by atoms with E-state index in [4.69, 9.17) is 22.1 Å². The molecule has 1 aromatic heterocycles. The average Bonchev–Trinajstić information content (AvgIpc) is 3.28. The van der Waals surface area contributed by atoms with E-state index < -0.39 is 5.97 Å². The third kappa shape index (κ3) is 4.92. The van der Waals surface area contributed by atoms with Crippen LogP contribution in [0.5, 0.6) is 11.6 Å². The number of hydrogen-bond acceptors (Lipinski definition) is 6. The first kappa shape index (κ1) is 21.0. The first-order chi connectivity index (χ1) is 15.0. The van der Waals surface area contributed by atoms with Crippen LogP contribution in [-0.4, -0.2) is 27.0 Å². The number of fused-ring (bicyclic) bond motifs is 1. The zero-order chi connectivity index (χ0) is 21.8. The Hall–Kier alpha value is -3.23. The molecule has 0 radical (unpaired) electrons. The number of aromatic hydroxyl groups is 1. The first-order valence-corrected chi connectivity index (χ1v) is 10.9. The van der Waals surface area contributed by atoms with Gasteiger partial charge >= 0.3 is 5.97 Å². The maximum atomic E-state index is 10.7. The maximum absolute atomic E-state index is 10.7. The lowest BCUT2D eigenvalue weighted by Gasteiger charge is -2.08.